The van der Waals surface area contributed by atoms with Crippen molar-refractivity contribution in [1.82, 2.24) is 5.32 Å². The lowest BCUT2D eigenvalue weighted by molar-refractivity contribution is -0.112. The highest BCUT2D eigenvalue weighted by Crippen LogP contribution is 2.23. The molecule has 0 aliphatic heterocycles. The van der Waals surface area contributed by atoms with Gasteiger partial charge in [-0.15, -0.1) is 0 Å². The highest BCUT2D eigenvalue weighted by molar-refractivity contribution is 6.02. The number of carbonyl (C=O) groups excluding carboxylic acids is 1. The molecule has 1 aliphatic rings. The van der Waals surface area contributed by atoms with Gasteiger partial charge in [-0.1, -0.05) is 25.8 Å². The summed E-state index contributed by atoms with van der Waals surface area (Å²) >= 11 is 0. The van der Waals surface area contributed by atoms with Crippen LogP contribution in [0.3, 0.4) is 0 Å². The van der Waals surface area contributed by atoms with E-state index in [0.717, 1.165) is 5.56 Å². The van der Waals surface area contributed by atoms with Gasteiger partial charge in [0.1, 0.15) is 5.75 Å². The Balaban J connectivity index is 1.97. The summed E-state index contributed by atoms with van der Waals surface area (Å²) in [5.41, 5.74) is 1.95. The number of aromatic hydroxyl groups is 1. The van der Waals surface area contributed by atoms with Crippen molar-refractivity contribution in [2.24, 2.45) is 0 Å². The Morgan fingerprint density at radius 3 is 2.71 bits per heavy atom. The van der Waals surface area contributed by atoms with Crippen LogP contribution in [-0.2, 0) is 11.3 Å². The van der Waals surface area contributed by atoms with Crippen LogP contribution in [0.25, 0.3) is 0 Å². The lowest BCUT2D eigenvalue weighted by Gasteiger charge is -2.23. The SMILES string of the molecule is C=C(C)C(=O)Nc1ccc(O)c(CNC2CCCCC2)c1. The first-order valence-electron chi connectivity index (χ1n) is 7.58. The van der Waals surface area contributed by atoms with Crippen molar-refractivity contribution in [3.05, 3.63) is 35.9 Å². The third-order valence-electron chi connectivity index (χ3n) is 3.91. The number of benzene rings is 1. The van der Waals surface area contributed by atoms with Gasteiger partial charge >= 0.3 is 0 Å². The molecule has 3 N–H and O–H groups in total. The van der Waals surface area contributed by atoms with Crippen molar-refractivity contribution in [2.75, 3.05) is 5.32 Å². The van der Waals surface area contributed by atoms with Crippen LogP contribution in [0.4, 0.5) is 5.69 Å². The molecule has 1 amide bonds. The maximum Gasteiger partial charge on any atom is 0.250 e. The van der Waals surface area contributed by atoms with Gasteiger partial charge < -0.3 is 15.7 Å². The Hall–Kier alpha value is -1.81. The molecule has 1 fully saturated rings. The van der Waals surface area contributed by atoms with Gasteiger partial charge in [-0.05, 0) is 38.0 Å². The van der Waals surface area contributed by atoms with E-state index in [0.29, 0.717) is 23.8 Å². The van der Waals surface area contributed by atoms with Crippen LogP contribution in [-0.4, -0.2) is 17.1 Å². The van der Waals surface area contributed by atoms with E-state index in [1.807, 2.05) is 6.07 Å². The van der Waals surface area contributed by atoms with E-state index in [2.05, 4.69) is 17.2 Å². The molecule has 2 rings (SSSR count). The number of phenolic OH excluding ortho intramolecular Hbond substituents is 1. The molecule has 0 spiro atoms. The van der Waals surface area contributed by atoms with Gasteiger partial charge in [0.25, 0.3) is 5.91 Å². The zero-order valence-electron chi connectivity index (χ0n) is 12.6. The second-order valence-electron chi connectivity index (χ2n) is 5.79. The van der Waals surface area contributed by atoms with Crippen molar-refractivity contribution < 1.29 is 9.90 Å². The van der Waals surface area contributed by atoms with Crippen molar-refractivity contribution in [2.45, 2.75) is 51.6 Å². The standard InChI is InChI=1S/C17H24N2O2/c1-12(2)17(21)19-15-8-9-16(20)13(10-15)11-18-14-6-4-3-5-7-14/h8-10,14,18,20H,1,3-7,11H2,2H3,(H,19,21). The first-order valence-corrected chi connectivity index (χ1v) is 7.58. The average Bonchev–Trinajstić information content (AvgIpc) is 2.48. The molecule has 21 heavy (non-hydrogen) atoms. The summed E-state index contributed by atoms with van der Waals surface area (Å²) in [4.78, 5) is 11.6. The second kappa shape index (κ2) is 7.27. The van der Waals surface area contributed by atoms with Crippen LogP contribution in [0, 0.1) is 0 Å². The summed E-state index contributed by atoms with van der Waals surface area (Å²) in [6.45, 7) is 5.90. The summed E-state index contributed by atoms with van der Waals surface area (Å²) in [6.07, 6.45) is 6.28. The van der Waals surface area contributed by atoms with Crippen LogP contribution in [0.1, 0.15) is 44.6 Å². The smallest absolute Gasteiger partial charge is 0.250 e. The summed E-state index contributed by atoms with van der Waals surface area (Å²) < 4.78 is 0. The predicted octanol–water partition coefficient (Wildman–Crippen LogP) is 3.33. The van der Waals surface area contributed by atoms with Crippen molar-refractivity contribution in [3.8, 4) is 5.75 Å². The summed E-state index contributed by atoms with van der Waals surface area (Å²) in [5, 5.41) is 16.2. The Morgan fingerprint density at radius 2 is 2.05 bits per heavy atom. The molecule has 0 atom stereocenters. The number of phenols is 1. The zero-order chi connectivity index (χ0) is 15.2. The molecule has 1 aromatic carbocycles. The minimum atomic E-state index is -0.202. The van der Waals surface area contributed by atoms with Crippen molar-refractivity contribution in [1.29, 1.82) is 0 Å². The molecule has 1 aromatic rings. The first-order chi connectivity index (χ1) is 10.1. The Kier molecular flexibility index (Phi) is 5.39. The van der Waals surface area contributed by atoms with Gasteiger partial charge in [0.2, 0.25) is 0 Å². The number of rotatable bonds is 5. The second-order valence-corrected chi connectivity index (χ2v) is 5.79. The fraction of sp³-hybridized carbons (Fsp3) is 0.471. The molecule has 1 saturated carbocycles. The van der Waals surface area contributed by atoms with Crippen LogP contribution < -0.4 is 10.6 Å². The van der Waals surface area contributed by atoms with Crippen LogP contribution in [0.15, 0.2) is 30.4 Å². The molecular formula is C17H24N2O2. The number of anilines is 1. The van der Waals surface area contributed by atoms with Crippen molar-refractivity contribution in [3.63, 3.8) is 0 Å². The molecule has 0 aromatic heterocycles. The third kappa shape index (κ3) is 4.60. The zero-order valence-corrected chi connectivity index (χ0v) is 12.6. The highest BCUT2D eigenvalue weighted by atomic mass is 16.3. The molecule has 1 aliphatic carbocycles. The third-order valence-corrected chi connectivity index (χ3v) is 3.91. The maximum atomic E-state index is 11.6. The Morgan fingerprint density at radius 1 is 1.33 bits per heavy atom. The van der Waals surface area contributed by atoms with Crippen LogP contribution >= 0.6 is 0 Å². The fourth-order valence-electron chi connectivity index (χ4n) is 2.60. The molecule has 0 saturated heterocycles. The van der Waals surface area contributed by atoms with E-state index >= 15 is 0 Å². The number of carbonyl (C=O) groups is 1. The van der Waals surface area contributed by atoms with Gasteiger partial charge in [-0.3, -0.25) is 4.79 Å². The predicted molar refractivity (Wildman–Crippen MR) is 85.3 cm³/mol. The molecule has 0 bridgehead atoms. The lowest BCUT2D eigenvalue weighted by Crippen LogP contribution is -2.30. The molecule has 0 unspecified atom stereocenters. The van der Waals surface area contributed by atoms with E-state index in [4.69, 9.17) is 0 Å². The molecule has 0 radical (unpaired) electrons. The lowest BCUT2D eigenvalue weighted by atomic mass is 9.95. The quantitative estimate of drug-likeness (QED) is 0.575. The summed E-state index contributed by atoms with van der Waals surface area (Å²) in [6, 6.07) is 5.66. The monoisotopic (exact) mass is 288 g/mol. The molecule has 4 nitrogen and oxygen atoms in total. The minimum Gasteiger partial charge on any atom is -0.508 e. The van der Waals surface area contributed by atoms with E-state index < -0.39 is 0 Å². The van der Waals surface area contributed by atoms with Crippen LogP contribution in [0.5, 0.6) is 5.75 Å². The topological polar surface area (TPSA) is 61.4 Å². The van der Waals surface area contributed by atoms with Crippen LogP contribution in [0.2, 0.25) is 0 Å². The number of hydrogen-bond acceptors (Lipinski definition) is 3. The van der Waals surface area contributed by atoms with Crippen molar-refractivity contribution >= 4 is 11.6 Å². The Bertz CT molecular complexity index is 520. The van der Waals surface area contributed by atoms with Gasteiger partial charge in [-0.2, -0.15) is 0 Å². The van der Waals surface area contributed by atoms with Gasteiger partial charge in [-0.25, -0.2) is 0 Å². The van der Waals surface area contributed by atoms with E-state index in [1.165, 1.54) is 32.1 Å². The molecular weight excluding hydrogens is 264 g/mol. The summed E-state index contributed by atoms with van der Waals surface area (Å²) in [5.74, 6) is 0.0542. The largest absolute Gasteiger partial charge is 0.508 e. The fourth-order valence-corrected chi connectivity index (χ4v) is 2.60. The summed E-state index contributed by atoms with van der Waals surface area (Å²) in [7, 11) is 0. The number of nitrogens with one attached hydrogen (secondary N) is 2. The molecule has 4 heteroatoms. The van der Waals surface area contributed by atoms with E-state index in [9.17, 15) is 9.90 Å². The Labute approximate surface area is 126 Å². The normalized spacial score (nSPS) is 15.7. The number of amides is 1. The maximum absolute atomic E-state index is 11.6. The first kappa shape index (κ1) is 15.6. The molecule has 114 valence electrons. The molecule has 0 heterocycles. The van der Waals surface area contributed by atoms with Gasteiger partial charge in [0.05, 0.1) is 0 Å². The van der Waals surface area contributed by atoms with Gasteiger partial charge in [0, 0.05) is 29.4 Å². The van der Waals surface area contributed by atoms with E-state index in [1.54, 1.807) is 19.1 Å². The van der Waals surface area contributed by atoms with E-state index in [-0.39, 0.29) is 11.7 Å². The van der Waals surface area contributed by atoms with Gasteiger partial charge in [0.15, 0.2) is 0 Å². The average molecular weight is 288 g/mol. The number of hydrogen-bond donors (Lipinski definition) is 3. The minimum absolute atomic E-state index is 0.202. The highest BCUT2D eigenvalue weighted by Gasteiger charge is 2.13.